The molecule has 3 aromatic rings. The standard InChI is InChI=1S/C21H20Cl2N4O2/c1-2-26(14-19(28)25-20-17(22)5-3-6-18(20)23)21(29)16-9-7-15(8-10-16)13-27-12-4-11-24-27/h3-12H,2,13-14H2,1H3,(H,25,28). The van der Waals surface area contributed by atoms with Crippen molar-refractivity contribution in [3.8, 4) is 0 Å². The van der Waals surface area contributed by atoms with Gasteiger partial charge in [-0.05, 0) is 42.8 Å². The molecule has 6 nitrogen and oxygen atoms in total. The molecule has 0 bridgehead atoms. The molecular weight excluding hydrogens is 411 g/mol. The van der Waals surface area contributed by atoms with Crippen molar-refractivity contribution in [3.63, 3.8) is 0 Å². The van der Waals surface area contributed by atoms with E-state index in [4.69, 9.17) is 23.2 Å². The second-order valence-corrected chi connectivity index (χ2v) is 7.18. The van der Waals surface area contributed by atoms with Crippen LogP contribution in [0.25, 0.3) is 0 Å². The molecule has 0 aliphatic heterocycles. The molecule has 0 spiro atoms. The van der Waals surface area contributed by atoms with Gasteiger partial charge in [0, 0.05) is 24.5 Å². The third kappa shape index (κ3) is 5.37. The van der Waals surface area contributed by atoms with Gasteiger partial charge < -0.3 is 10.2 Å². The summed E-state index contributed by atoms with van der Waals surface area (Å²) in [5, 5.41) is 7.53. The minimum Gasteiger partial charge on any atom is -0.330 e. The lowest BCUT2D eigenvalue weighted by atomic mass is 10.1. The number of aromatic nitrogens is 2. The van der Waals surface area contributed by atoms with E-state index in [1.54, 1.807) is 41.2 Å². The summed E-state index contributed by atoms with van der Waals surface area (Å²) in [6.45, 7) is 2.73. The van der Waals surface area contributed by atoms with Gasteiger partial charge in [0.15, 0.2) is 0 Å². The zero-order valence-electron chi connectivity index (χ0n) is 15.8. The number of benzene rings is 2. The molecule has 1 heterocycles. The van der Waals surface area contributed by atoms with Crippen molar-refractivity contribution < 1.29 is 9.59 Å². The van der Waals surface area contributed by atoms with Crippen LogP contribution < -0.4 is 5.32 Å². The first-order valence-electron chi connectivity index (χ1n) is 9.07. The van der Waals surface area contributed by atoms with Crippen LogP contribution in [0.2, 0.25) is 10.0 Å². The predicted octanol–water partition coefficient (Wildman–Crippen LogP) is 4.34. The van der Waals surface area contributed by atoms with E-state index in [1.165, 1.54) is 4.90 Å². The van der Waals surface area contributed by atoms with Crippen LogP contribution in [0.15, 0.2) is 60.9 Å². The monoisotopic (exact) mass is 430 g/mol. The maximum atomic E-state index is 12.8. The van der Waals surface area contributed by atoms with Crippen molar-refractivity contribution in [1.82, 2.24) is 14.7 Å². The van der Waals surface area contributed by atoms with Crippen molar-refractivity contribution in [2.75, 3.05) is 18.4 Å². The van der Waals surface area contributed by atoms with Gasteiger partial charge in [0.1, 0.15) is 6.54 Å². The Morgan fingerprint density at radius 2 is 1.76 bits per heavy atom. The average Bonchev–Trinajstić information content (AvgIpc) is 3.22. The average molecular weight is 431 g/mol. The molecule has 1 aromatic heterocycles. The molecule has 0 fully saturated rings. The fourth-order valence-corrected chi connectivity index (χ4v) is 3.31. The van der Waals surface area contributed by atoms with E-state index in [2.05, 4.69) is 10.4 Å². The maximum absolute atomic E-state index is 12.8. The topological polar surface area (TPSA) is 67.2 Å². The number of hydrogen-bond donors (Lipinski definition) is 1. The molecule has 0 saturated heterocycles. The Bertz CT molecular complexity index is 968. The third-order valence-electron chi connectivity index (χ3n) is 4.34. The molecule has 150 valence electrons. The predicted molar refractivity (Wildman–Crippen MR) is 114 cm³/mol. The molecule has 1 N–H and O–H groups in total. The maximum Gasteiger partial charge on any atom is 0.254 e. The number of nitrogens with one attached hydrogen (secondary N) is 1. The summed E-state index contributed by atoms with van der Waals surface area (Å²) in [6, 6.07) is 14.1. The summed E-state index contributed by atoms with van der Waals surface area (Å²) in [7, 11) is 0. The normalized spacial score (nSPS) is 10.6. The highest BCUT2D eigenvalue weighted by atomic mass is 35.5. The molecule has 0 aliphatic carbocycles. The largest absolute Gasteiger partial charge is 0.330 e. The van der Waals surface area contributed by atoms with Gasteiger partial charge in [-0.2, -0.15) is 5.10 Å². The van der Waals surface area contributed by atoms with Gasteiger partial charge in [0.05, 0.1) is 22.3 Å². The lowest BCUT2D eigenvalue weighted by Crippen LogP contribution is -2.38. The molecule has 0 aliphatic rings. The van der Waals surface area contributed by atoms with Gasteiger partial charge in [0.25, 0.3) is 5.91 Å². The minimum absolute atomic E-state index is 0.105. The van der Waals surface area contributed by atoms with Gasteiger partial charge in [-0.25, -0.2) is 0 Å². The van der Waals surface area contributed by atoms with Gasteiger partial charge in [0.2, 0.25) is 5.91 Å². The fourth-order valence-electron chi connectivity index (χ4n) is 2.81. The first-order chi connectivity index (χ1) is 14.0. The molecule has 8 heteroatoms. The van der Waals surface area contributed by atoms with Crippen LogP contribution in [-0.4, -0.2) is 39.6 Å². The molecule has 0 radical (unpaired) electrons. The highest BCUT2D eigenvalue weighted by Crippen LogP contribution is 2.29. The fraction of sp³-hybridized carbons (Fsp3) is 0.190. The second kappa shape index (κ2) is 9.58. The molecule has 0 atom stereocenters. The van der Waals surface area contributed by atoms with Crippen LogP contribution in [0, 0.1) is 0 Å². The van der Waals surface area contributed by atoms with E-state index in [9.17, 15) is 9.59 Å². The molecule has 0 saturated carbocycles. The molecule has 29 heavy (non-hydrogen) atoms. The van der Waals surface area contributed by atoms with Gasteiger partial charge in [-0.1, -0.05) is 41.4 Å². The molecule has 0 unspecified atom stereocenters. The number of rotatable bonds is 7. The zero-order chi connectivity index (χ0) is 20.8. The first kappa shape index (κ1) is 20.9. The minimum atomic E-state index is -0.370. The Balaban J connectivity index is 1.64. The van der Waals surface area contributed by atoms with Crippen LogP contribution in [0.1, 0.15) is 22.8 Å². The molecular formula is C21H20Cl2N4O2. The zero-order valence-corrected chi connectivity index (χ0v) is 17.3. The van der Waals surface area contributed by atoms with E-state index >= 15 is 0 Å². The number of carbonyl (C=O) groups excluding carboxylic acids is 2. The quantitative estimate of drug-likeness (QED) is 0.605. The summed E-state index contributed by atoms with van der Waals surface area (Å²) < 4.78 is 1.80. The SMILES string of the molecule is CCN(CC(=O)Nc1c(Cl)cccc1Cl)C(=O)c1ccc(Cn2cccn2)cc1. The number of carbonyl (C=O) groups is 2. The lowest BCUT2D eigenvalue weighted by Gasteiger charge is -2.21. The number of hydrogen-bond acceptors (Lipinski definition) is 3. The number of amides is 2. The Labute approximate surface area is 179 Å². The molecule has 3 rings (SSSR count). The van der Waals surface area contributed by atoms with Crippen molar-refractivity contribution in [2.45, 2.75) is 13.5 Å². The Hall–Kier alpha value is -2.83. The first-order valence-corrected chi connectivity index (χ1v) is 9.83. The van der Waals surface area contributed by atoms with Crippen molar-refractivity contribution in [1.29, 1.82) is 0 Å². The van der Waals surface area contributed by atoms with Crippen molar-refractivity contribution in [3.05, 3.63) is 82.1 Å². The highest BCUT2D eigenvalue weighted by molar-refractivity contribution is 6.39. The van der Waals surface area contributed by atoms with Crippen molar-refractivity contribution in [2.24, 2.45) is 0 Å². The number of halogens is 2. The van der Waals surface area contributed by atoms with E-state index in [0.29, 0.717) is 34.4 Å². The van der Waals surface area contributed by atoms with E-state index in [1.807, 2.05) is 31.3 Å². The van der Waals surface area contributed by atoms with Gasteiger partial charge >= 0.3 is 0 Å². The summed E-state index contributed by atoms with van der Waals surface area (Å²) in [4.78, 5) is 26.7. The van der Waals surface area contributed by atoms with Crippen molar-refractivity contribution >= 4 is 40.7 Å². The number of anilines is 1. The van der Waals surface area contributed by atoms with E-state index in [-0.39, 0.29) is 18.4 Å². The Morgan fingerprint density at radius 3 is 2.34 bits per heavy atom. The Morgan fingerprint density at radius 1 is 1.07 bits per heavy atom. The van der Waals surface area contributed by atoms with Crippen LogP contribution in [0.4, 0.5) is 5.69 Å². The summed E-state index contributed by atoms with van der Waals surface area (Å²) in [6.07, 6.45) is 3.60. The Kier molecular flexibility index (Phi) is 6.90. The molecule has 2 aromatic carbocycles. The molecule has 2 amide bonds. The second-order valence-electron chi connectivity index (χ2n) is 6.36. The van der Waals surface area contributed by atoms with Crippen LogP contribution in [0.3, 0.4) is 0 Å². The summed E-state index contributed by atoms with van der Waals surface area (Å²) in [5.41, 5.74) is 1.88. The number of nitrogens with zero attached hydrogens (tertiary/aromatic N) is 3. The van der Waals surface area contributed by atoms with E-state index < -0.39 is 0 Å². The van der Waals surface area contributed by atoms with Gasteiger partial charge in [-0.3, -0.25) is 14.3 Å². The lowest BCUT2D eigenvalue weighted by molar-refractivity contribution is -0.116. The number of para-hydroxylation sites is 1. The van der Waals surface area contributed by atoms with Crippen LogP contribution >= 0.6 is 23.2 Å². The van der Waals surface area contributed by atoms with Gasteiger partial charge in [-0.15, -0.1) is 0 Å². The summed E-state index contributed by atoms with van der Waals surface area (Å²) >= 11 is 12.2. The smallest absolute Gasteiger partial charge is 0.254 e. The van der Waals surface area contributed by atoms with Crippen LogP contribution in [0.5, 0.6) is 0 Å². The third-order valence-corrected chi connectivity index (χ3v) is 4.97. The summed E-state index contributed by atoms with van der Waals surface area (Å²) in [5.74, 6) is -0.593. The number of likely N-dealkylation sites (N-methyl/N-ethyl adjacent to an activating group) is 1. The highest BCUT2D eigenvalue weighted by Gasteiger charge is 2.18. The van der Waals surface area contributed by atoms with Crippen LogP contribution in [-0.2, 0) is 11.3 Å². The van der Waals surface area contributed by atoms with E-state index in [0.717, 1.165) is 5.56 Å².